The molecule has 2 heterocycles. The maximum Gasteiger partial charge on any atom is 0.160 e. The zero-order valence-corrected chi connectivity index (χ0v) is 29.5. The maximum absolute atomic E-state index is 5.60. The van der Waals surface area contributed by atoms with Gasteiger partial charge in [0.25, 0.3) is 0 Å². The smallest absolute Gasteiger partial charge is 0.160 e. The molecule has 0 bridgehead atoms. The Morgan fingerprint density at radius 2 is 0.574 bits per heavy atom. The second-order valence-corrected chi connectivity index (χ2v) is 13.2. The van der Waals surface area contributed by atoms with Crippen LogP contribution >= 0.6 is 0 Å². The van der Waals surface area contributed by atoms with Crippen LogP contribution in [0.15, 0.2) is 212 Å². The van der Waals surface area contributed by atoms with E-state index in [9.17, 15) is 0 Å². The predicted molar refractivity (Wildman–Crippen MR) is 223 cm³/mol. The van der Waals surface area contributed by atoms with Gasteiger partial charge in [-0.2, -0.15) is 0 Å². The Labute approximate surface area is 316 Å². The third kappa shape index (κ3) is 6.51. The predicted octanol–water partition coefficient (Wildman–Crippen LogP) is 13.2. The summed E-state index contributed by atoms with van der Waals surface area (Å²) in [5.74, 6) is 0.689. The van der Waals surface area contributed by atoms with E-state index in [-0.39, 0.29) is 0 Å². The summed E-state index contributed by atoms with van der Waals surface area (Å²) in [7, 11) is 0. The number of pyridine rings is 1. The largest absolute Gasteiger partial charge is 0.246 e. The number of hydrogen-bond donors (Lipinski definition) is 0. The highest BCUT2D eigenvalue weighted by molar-refractivity contribution is 6.05. The molecule has 0 saturated heterocycles. The molecule has 0 atom stereocenters. The third-order valence-electron chi connectivity index (χ3n) is 9.69. The Morgan fingerprint density at radius 1 is 0.222 bits per heavy atom. The molecule has 0 radical (unpaired) electrons. The first-order chi connectivity index (χ1) is 26.8. The van der Waals surface area contributed by atoms with Gasteiger partial charge in [-0.3, -0.25) is 0 Å². The van der Waals surface area contributed by atoms with Crippen LogP contribution in [-0.4, -0.2) is 15.0 Å². The molecule has 9 rings (SSSR count). The molecular formula is C51H35N3. The van der Waals surface area contributed by atoms with E-state index < -0.39 is 0 Å². The highest BCUT2D eigenvalue weighted by atomic mass is 14.9. The summed E-state index contributed by atoms with van der Waals surface area (Å²) >= 11 is 0. The van der Waals surface area contributed by atoms with Gasteiger partial charge in [0.05, 0.1) is 22.8 Å². The van der Waals surface area contributed by atoms with Crippen LogP contribution in [0.25, 0.3) is 89.8 Å². The number of rotatable bonds is 8. The topological polar surface area (TPSA) is 38.7 Å². The maximum atomic E-state index is 5.60. The molecule has 0 N–H and O–H groups in total. The van der Waals surface area contributed by atoms with E-state index in [0.717, 1.165) is 84.0 Å². The highest BCUT2D eigenvalue weighted by Gasteiger charge is 2.25. The van der Waals surface area contributed by atoms with E-state index >= 15 is 0 Å². The zero-order valence-electron chi connectivity index (χ0n) is 29.5. The number of hydrogen-bond acceptors (Lipinski definition) is 3. The minimum Gasteiger partial charge on any atom is -0.246 e. The molecule has 3 heteroatoms. The normalized spacial score (nSPS) is 11.0. The fourth-order valence-electron chi connectivity index (χ4n) is 7.16. The van der Waals surface area contributed by atoms with Crippen LogP contribution in [0.2, 0.25) is 0 Å². The molecule has 0 aliphatic rings. The van der Waals surface area contributed by atoms with E-state index in [2.05, 4.69) is 176 Å². The van der Waals surface area contributed by atoms with Crippen molar-refractivity contribution in [1.82, 2.24) is 15.0 Å². The standard InChI is InChI=1S/C51H35N3/c1-7-20-36(21-8-1)44-35-45(53-51(52-44)41-30-17-6-18-31-41)42-32-19-33-43(34-42)46-47(37-22-9-2-10-23-37)49(39-26-13-4-14-27-39)54-50(40-28-15-5-16-29-40)48(46)38-24-11-3-12-25-38/h1-35H. The van der Waals surface area contributed by atoms with E-state index in [0.29, 0.717) is 5.82 Å². The molecule has 0 unspecified atom stereocenters. The van der Waals surface area contributed by atoms with Gasteiger partial charge in [-0.25, -0.2) is 15.0 Å². The Hall–Kier alpha value is -7.23. The molecule has 9 aromatic rings. The Morgan fingerprint density at radius 3 is 1.04 bits per heavy atom. The summed E-state index contributed by atoms with van der Waals surface area (Å²) in [6, 6.07) is 73.9. The van der Waals surface area contributed by atoms with Gasteiger partial charge in [-0.1, -0.05) is 200 Å². The summed E-state index contributed by atoms with van der Waals surface area (Å²) in [6.45, 7) is 0. The number of nitrogens with zero attached hydrogens (tertiary/aromatic N) is 3. The van der Waals surface area contributed by atoms with Crippen LogP contribution in [0.3, 0.4) is 0 Å². The van der Waals surface area contributed by atoms with Gasteiger partial charge >= 0.3 is 0 Å². The second kappa shape index (κ2) is 14.8. The summed E-state index contributed by atoms with van der Waals surface area (Å²) in [6.07, 6.45) is 0. The van der Waals surface area contributed by atoms with E-state index in [4.69, 9.17) is 15.0 Å². The number of benzene rings is 7. The van der Waals surface area contributed by atoms with Crippen LogP contribution in [0, 0.1) is 0 Å². The van der Waals surface area contributed by atoms with E-state index in [1.807, 2.05) is 36.4 Å². The average molecular weight is 690 g/mol. The van der Waals surface area contributed by atoms with Gasteiger partial charge in [-0.05, 0) is 28.8 Å². The Balaban J connectivity index is 1.37. The highest BCUT2D eigenvalue weighted by Crippen LogP contribution is 2.49. The van der Waals surface area contributed by atoms with Gasteiger partial charge in [0.2, 0.25) is 0 Å². The summed E-state index contributed by atoms with van der Waals surface area (Å²) in [4.78, 5) is 15.9. The molecule has 0 saturated carbocycles. The Kier molecular flexibility index (Phi) is 8.94. The lowest BCUT2D eigenvalue weighted by Crippen LogP contribution is -2.01. The van der Waals surface area contributed by atoms with Crippen molar-refractivity contribution < 1.29 is 0 Å². The van der Waals surface area contributed by atoms with Crippen LogP contribution in [0.5, 0.6) is 0 Å². The summed E-state index contributed by atoms with van der Waals surface area (Å²) in [5.41, 5.74) is 15.3. The van der Waals surface area contributed by atoms with Crippen molar-refractivity contribution in [3.05, 3.63) is 212 Å². The molecule has 54 heavy (non-hydrogen) atoms. The molecule has 0 aliphatic carbocycles. The van der Waals surface area contributed by atoms with E-state index in [1.54, 1.807) is 0 Å². The van der Waals surface area contributed by atoms with Crippen LogP contribution in [-0.2, 0) is 0 Å². The minimum absolute atomic E-state index is 0.689. The van der Waals surface area contributed by atoms with Crippen LogP contribution in [0.1, 0.15) is 0 Å². The molecule has 2 aromatic heterocycles. The van der Waals surface area contributed by atoms with Crippen molar-refractivity contribution >= 4 is 0 Å². The molecule has 0 amide bonds. The van der Waals surface area contributed by atoms with Crippen LogP contribution < -0.4 is 0 Å². The van der Waals surface area contributed by atoms with Gasteiger partial charge < -0.3 is 0 Å². The van der Waals surface area contributed by atoms with Crippen LogP contribution in [0.4, 0.5) is 0 Å². The molecule has 0 spiro atoms. The first kappa shape index (κ1) is 32.7. The Bertz CT molecular complexity index is 2500. The summed E-state index contributed by atoms with van der Waals surface area (Å²) in [5, 5.41) is 0. The SMILES string of the molecule is c1ccc(-c2cc(-c3cccc(-c4c(-c5ccccc5)c(-c5ccccc5)nc(-c5ccccc5)c4-c4ccccc4)c3)nc(-c3ccccc3)n2)cc1. The van der Waals surface area contributed by atoms with Gasteiger partial charge in [0, 0.05) is 44.5 Å². The van der Waals surface area contributed by atoms with Gasteiger partial charge in [-0.15, -0.1) is 0 Å². The zero-order chi connectivity index (χ0) is 36.1. The van der Waals surface area contributed by atoms with Crippen molar-refractivity contribution in [3.63, 3.8) is 0 Å². The fraction of sp³-hybridized carbons (Fsp3) is 0. The second-order valence-electron chi connectivity index (χ2n) is 13.2. The molecule has 3 nitrogen and oxygen atoms in total. The van der Waals surface area contributed by atoms with Crippen molar-refractivity contribution in [1.29, 1.82) is 0 Å². The first-order valence-corrected chi connectivity index (χ1v) is 18.2. The quantitative estimate of drug-likeness (QED) is 0.159. The monoisotopic (exact) mass is 689 g/mol. The lowest BCUT2D eigenvalue weighted by molar-refractivity contribution is 1.18. The number of aromatic nitrogens is 3. The summed E-state index contributed by atoms with van der Waals surface area (Å²) < 4.78 is 0. The molecular weight excluding hydrogens is 655 g/mol. The third-order valence-corrected chi connectivity index (χ3v) is 9.69. The molecule has 7 aromatic carbocycles. The average Bonchev–Trinajstić information content (AvgIpc) is 3.27. The van der Waals surface area contributed by atoms with E-state index in [1.165, 1.54) is 0 Å². The van der Waals surface area contributed by atoms with Crippen molar-refractivity contribution in [2.24, 2.45) is 0 Å². The molecule has 0 fully saturated rings. The lowest BCUT2D eigenvalue weighted by Gasteiger charge is -2.23. The van der Waals surface area contributed by atoms with Gasteiger partial charge in [0.1, 0.15) is 0 Å². The van der Waals surface area contributed by atoms with Crippen molar-refractivity contribution in [2.45, 2.75) is 0 Å². The van der Waals surface area contributed by atoms with Gasteiger partial charge in [0.15, 0.2) is 5.82 Å². The molecule has 254 valence electrons. The molecule has 0 aliphatic heterocycles. The fourth-order valence-corrected chi connectivity index (χ4v) is 7.16. The van der Waals surface area contributed by atoms with Crippen molar-refractivity contribution in [2.75, 3.05) is 0 Å². The first-order valence-electron chi connectivity index (χ1n) is 18.2. The van der Waals surface area contributed by atoms with Crippen molar-refractivity contribution in [3.8, 4) is 89.8 Å². The minimum atomic E-state index is 0.689. The lowest BCUT2D eigenvalue weighted by atomic mass is 9.83.